The topological polar surface area (TPSA) is 29.5 Å². The van der Waals surface area contributed by atoms with Crippen LogP contribution < -0.4 is 4.74 Å². The summed E-state index contributed by atoms with van der Waals surface area (Å²) in [5.41, 5.74) is 1.72. The van der Waals surface area contributed by atoms with Crippen molar-refractivity contribution in [3.8, 4) is 5.75 Å². The van der Waals surface area contributed by atoms with Crippen LogP contribution in [0.1, 0.15) is 29.7 Å². The molecule has 1 atom stereocenters. The molecule has 0 spiro atoms. The Kier molecular flexibility index (Phi) is 4.35. The van der Waals surface area contributed by atoms with E-state index in [1.165, 1.54) is 0 Å². The van der Waals surface area contributed by atoms with E-state index in [2.05, 4.69) is 0 Å². The number of halogens is 2. The summed E-state index contributed by atoms with van der Waals surface area (Å²) in [4.78, 5) is 0. The van der Waals surface area contributed by atoms with Crippen molar-refractivity contribution in [3.05, 3.63) is 64.7 Å². The zero-order valence-electron chi connectivity index (χ0n) is 11.4. The van der Waals surface area contributed by atoms with Crippen molar-refractivity contribution in [2.75, 3.05) is 0 Å². The van der Waals surface area contributed by atoms with Crippen LogP contribution in [0, 0.1) is 18.6 Å². The van der Waals surface area contributed by atoms with Gasteiger partial charge in [-0.2, -0.15) is 0 Å². The number of ether oxygens (including phenoxy) is 1. The first-order valence-corrected chi connectivity index (χ1v) is 6.32. The minimum Gasteiger partial charge on any atom is -0.488 e. The van der Waals surface area contributed by atoms with Gasteiger partial charge in [-0.15, -0.1) is 0 Å². The molecule has 20 heavy (non-hydrogen) atoms. The molecule has 0 amide bonds. The lowest BCUT2D eigenvalue weighted by Gasteiger charge is -2.14. The molecule has 0 aromatic heterocycles. The largest absolute Gasteiger partial charge is 0.488 e. The van der Waals surface area contributed by atoms with Gasteiger partial charge >= 0.3 is 0 Å². The van der Waals surface area contributed by atoms with Gasteiger partial charge in [-0.05, 0) is 43.7 Å². The first-order chi connectivity index (χ1) is 9.47. The SMILES string of the molecule is Cc1ccc(C(C)O)c(OCc2cc(F)ccc2F)c1. The maximum Gasteiger partial charge on any atom is 0.130 e. The minimum absolute atomic E-state index is 0.0905. The normalized spacial score (nSPS) is 12.2. The number of hydrogen-bond donors (Lipinski definition) is 1. The molecular formula is C16H16F2O2. The van der Waals surface area contributed by atoms with Crippen LogP contribution in [0.15, 0.2) is 36.4 Å². The van der Waals surface area contributed by atoms with Gasteiger partial charge in [0.1, 0.15) is 24.0 Å². The van der Waals surface area contributed by atoms with Crippen LogP contribution in [0.5, 0.6) is 5.75 Å². The van der Waals surface area contributed by atoms with Crippen LogP contribution in [0.25, 0.3) is 0 Å². The second kappa shape index (κ2) is 6.01. The zero-order chi connectivity index (χ0) is 14.7. The molecule has 0 heterocycles. The van der Waals surface area contributed by atoms with Crippen LogP contribution in [0.2, 0.25) is 0 Å². The number of benzene rings is 2. The first kappa shape index (κ1) is 14.5. The van der Waals surface area contributed by atoms with Gasteiger partial charge in [-0.3, -0.25) is 0 Å². The van der Waals surface area contributed by atoms with Crippen molar-refractivity contribution in [3.63, 3.8) is 0 Å². The standard InChI is InChI=1S/C16H16F2O2/c1-10-3-5-14(11(2)19)16(7-10)20-9-12-8-13(17)4-6-15(12)18/h3-8,11,19H,9H2,1-2H3. The Morgan fingerprint density at radius 2 is 1.90 bits per heavy atom. The fraction of sp³-hybridized carbons (Fsp3) is 0.250. The van der Waals surface area contributed by atoms with Crippen molar-refractivity contribution < 1.29 is 18.6 Å². The Bertz CT molecular complexity index is 609. The van der Waals surface area contributed by atoms with Crippen LogP contribution in [0.3, 0.4) is 0 Å². The summed E-state index contributed by atoms with van der Waals surface area (Å²) < 4.78 is 32.1. The van der Waals surface area contributed by atoms with Gasteiger partial charge < -0.3 is 9.84 Å². The molecule has 2 nitrogen and oxygen atoms in total. The second-order valence-electron chi connectivity index (χ2n) is 4.74. The third-order valence-electron chi connectivity index (χ3n) is 3.01. The van der Waals surface area contributed by atoms with E-state index in [4.69, 9.17) is 4.74 Å². The van der Waals surface area contributed by atoms with E-state index < -0.39 is 17.7 Å². The number of hydrogen-bond acceptors (Lipinski definition) is 2. The predicted octanol–water partition coefficient (Wildman–Crippen LogP) is 3.91. The third kappa shape index (κ3) is 3.33. The van der Waals surface area contributed by atoms with E-state index in [0.717, 1.165) is 23.8 Å². The van der Waals surface area contributed by atoms with Crippen molar-refractivity contribution in [1.82, 2.24) is 0 Å². The lowest BCUT2D eigenvalue weighted by molar-refractivity contribution is 0.189. The quantitative estimate of drug-likeness (QED) is 0.919. The molecule has 0 aliphatic carbocycles. The average molecular weight is 278 g/mol. The van der Waals surface area contributed by atoms with Crippen molar-refractivity contribution in [1.29, 1.82) is 0 Å². The number of aliphatic hydroxyl groups is 1. The van der Waals surface area contributed by atoms with Crippen molar-refractivity contribution in [2.45, 2.75) is 26.6 Å². The third-order valence-corrected chi connectivity index (χ3v) is 3.01. The van der Waals surface area contributed by atoms with E-state index in [9.17, 15) is 13.9 Å². The lowest BCUT2D eigenvalue weighted by Crippen LogP contribution is -2.03. The Balaban J connectivity index is 2.22. The van der Waals surface area contributed by atoms with Gasteiger partial charge in [0.2, 0.25) is 0 Å². The molecule has 0 bridgehead atoms. The number of aliphatic hydroxyl groups excluding tert-OH is 1. The summed E-state index contributed by atoms with van der Waals surface area (Å²) in [6.07, 6.45) is -0.692. The average Bonchev–Trinajstić information content (AvgIpc) is 2.39. The second-order valence-corrected chi connectivity index (χ2v) is 4.74. The summed E-state index contributed by atoms with van der Waals surface area (Å²) in [6.45, 7) is 3.43. The highest BCUT2D eigenvalue weighted by Gasteiger charge is 2.11. The van der Waals surface area contributed by atoms with Gasteiger partial charge in [-0.1, -0.05) is 12.1 Å². The molecule has 2 aromatic carbocycles. The molecule has 0 radical (unpaired) electrons. The molecule has 0 aliphatic heterocycles. The first-order valence-electron chi connectivity index (χ1n) is 6.32. The highest BCUT2D eigenvalue weighted by Crippen LogP contribution is 2.27. The molecule has 4 heteroatoms. The van der Waals surface area contributed by atoms with Gasteiger partial charge in [-0.25, -0.2) is 8.78 Å². The van der Waals surface area contributed by atoms with Gasteiger partial charge in [0, 0.05) is 11.1 Å². The molecule has 0 saturated carbocycles. The molecule has 2 aromatic rings. The summed E-state index contributed by atoms with van der Waals surface area (Å²) in [7, 11) is 0. The number of rotatable bonds is 4. The molecule has 0 aliphatic rings. The Morgan fingerprint density at radius 1 is 1.15 bits per heavy atom. The van der Waals surface area contributed by atoms with E-state index in [-0.39, 0.29) is 12.2 Å². The molecular weight excluding hydrogens is 262 g/mol. The van der Waals surface area contributed by atoms with Gasteiger partial charge in [0.25, 0.3) is 0 Å². The van der Waals surface area contributed by atoms with E-state index in [1.54, 1.807) is 19.1 Å². The highest BCUT2D eigenvalue weighted by atomic mass is 19.1. The summed E-state index contributed by atoms with van der Waals surface area (Å²) in [5, 5.41) is 9.68. The lowest BCUT2D eigenvalue weighted by atomic mass is 10.1. The highest BCUT2D eigenvalue weighted by molar-refractivity contribution is 5.38. The van der Waals surface area contributed by atoms with E-state index in [0.29, 0.717) is 11.3 Å². The van der Waals surface area contributed by atoms with Crippen molar-refractivity contribution in [2.24, 2.45) is 0 Å². The Hall–Kier alpha value is -1.94. The summed E-state index contributed by atoms with van der Waals surface area (Å²) >= 11 is 0. The Labute approximate surface area is 116 Å². The fourth-order valence-corrected chi connectivity index (χ4v) is 1.92. The molecule has 1 unspecified atom stereocenters. The van der Waals surface area contributed by atoms with Crippen LogP contribution in [0.4, 0.5) is 8.78 Å². The van der Waals surface area contributed by atoms with Gasteiger partial charge in [0.05, 0.1) is 6.10 Å². The summed E-state index contributed by atoms with van der Waals surface area (Å²) in [6, 6.07) is 8.62. The van der Waals surface area contributed by atoms with Crippen LogP contribution in [-0.4, -0.2) is 5.11 Å². The minimum atomic E-state index is -0.692. The fourth-order valence-electron chi connectivity index (χ4n) is 1.92. The maximum absolute atomic E-state index is 13.5. The molecule has 1 N–H and O–H groups in total. The molecule has 2 rings (SSSR count). The van der Waals surface area contributed by atoms with Crippen molar-refractivity contribution >= 4 is 0 Å². The van der Waals surface area contributed by atoms with Gasteiger partial charge in [0.15, 0.2) is 0 Å². The van der Waals surface area contributed by atoms with Crippen LogP contribution >= 0.6 is 0 Å². The zero-order valence-corrected chi connectivity index (χ0v) is 11.4. The smallest absolute Gasteiger partial charge is 0.130 e. The summed E-state index contributed by atoms with van der Waals surface area (Å²) in [5.74, 6) is -0.550. The monoisotopic (exact) mass is 278 g/mol. The Morgan fingerprint density at radius 3 is 2.60 bits per heavy atom. The molecule has 0 saturated heterocycles. The van der Waals surface area contributed by atoms with Crippen LogP contribution in [-0.2, 0) is 6.61 Å². The molecule has 0 fully saturated rings. The van der Waals surface area contributed by atoms with E-state index in [1.807, 2.05) is 13.0 Å². The molecule has 106 valence electrons. The predicted molar refractivity (Wildman–Crippen MR) is 72.5 cm³/mol. The number of aryl methyl sites for hydroxylation is 1. The maximum atomic E-state index is 13.5. The van der Waals surface area contributed by atoms with E-state index >= 15 is 0 Å².